The molecule has 0 saturated carbocycles. The Morgan fingerprint density at radius 1 is 1.24 bits per heavy atom. The van der Waals surface area contributed by atoms with Crippen LogP contribution in [0.1, 0.15) is 28.3 Å². The molecule has 2 rings (SSSR count). The Morgan fingerprint density at radius 3 is 2.29 bits per heavy atom. The van der Waals surface area contributed by atoms with E-state index in [-0.39, 0.29) is 6.04 Å². The molecule has 0 bridgehead atoms. The maximum absolute atomic E-state index is 6.25. The van der Waals surface area contributed by atoms with Gasteiger partial charge in [0.2, 0.25) is 0 Å². The number of benzene rings is 1. The largest absolute Gasteiger partial charge is 0.320 e. The fourth-order valence-electron chi connectivity index (χ4n) is 1.95. The molecule has 0 aliphatic carbocycles. The highest BCUT2D eigenvalue weighted by atomic mass is 79.9. The second-order valence-electron chi connectivity index (χ2n) is 4.39. The van der Waals surface area contributed by atoms with E-state index in [1.54, 1.807) is 4.68 Å². The second kappa shape index (κ2) is 4.63. The van der Waals surface area contributed by atoms with Crippen LogP contribution in [0.25, 0.3) is 0 Å². The molecule has 0 saturated heterocycles. The summed E-state index contributed by atoms with van der Waals surface area (Å²) in [5.41, 5.74) is 10.8. The van der Waals surface area contributed by atoms with Gasteiger partial charge in [-0.2, -0.15) is 5.10 Å². The molecule has 90 valence electrons. The number of hydrogen-bond donors (Lipinski definition) is 1. The summed E-state index contributed by atoms with van der Waals surface area (Å²) in [5, 5.41) is 4.15. The third-order valence-electron chi connectivity index (χ3n) is 2.90. The molecule has 1 heterocycles. The van der Waals surface area contributed by atoms with E-state index in [4.69, 9.17) is 5.73 Å². The predicted molar refractivity (Wildman–Crippen MR) is 72.9 cm³/mol. The van der Waals surface area contributed by atoms with E-state index in [2.05, 4.69) is 47.0 Å². The lowest BCUT2D eigenvalue weighted by molar-refractivity contribution is 0.765. The standard InChI is InChI=1S/C13H16BrN3/c1-8-4-10(5-9(2)12(8)14)13(15)11-6-16-17(3)7-11/h4-7,13H,15H2,1-3H3. The van der Waals surface area contributed by atoms with Gasteiger partial charge in [-0.3, -0.25) is 4.68 Å². The van der Waals surface area contributed by atoms with Crippen LogP contribution in [0.4, 0.5) is 0 Å². The zero-order chi connectivity index (χ0) is 12.6. The van der Waals surface area contributed by atoms with E-state index in [0.29, 0.717) is 0 Å². The van der Waals surface area contributed by atoms with E-state index < -0.39 is 0 Å². The Balaban J connectivity index is 2.41. The van der Waals surface area contributed by atoms with Crippen molar-refractivity contribution in [3.63, 3.8) is 0 Å². The van der Waals surface area contributed by atoms with E-state index in [0.717, 1.165) is 15.6 Å². The van der Waals surface area contributed by atoms with Crippen molar-refractivity contribution in [2.75, 3.05) is 0 Å². The van der Waals surface area contributed by atoms with Crippen molar-refractivity contribution in [2.45, 2.75) is 19.9 Å². The first-order valence-electron chi connectivity index (χ1n) is 5.50. The lowest BCUT2D eigenvalue weighted by Gasteiger charge is -2.13. The van der Waals surface area contributed by atoms with Gasteiger partial charge in [0.05, 0.1) is 12.2 Å². The number of hydrogen-bond acceptors (Lipinski definition) is 2. The van der Waals surface area contributed by atoms with Crippen molar-refractivity contribution >= 4 is 15.9 Å². The first kappa shape index (κ1) is 12.3. The van der Waals surface area contributed by atoms with Gasteiger partial charge in [0.25, 0.3) is 0 Å². The van der Waals surface area contributed by atoms with Crippen molar-refractivity contribution in [3.05, 3.63) is 51.3 Å². The molecule has 0 amide bonds. The summed E-state index contributed by atoms with van der Waals surface area (Å²) in [6.07, 6.45) is 3.77. The lowest BCUT2D eigenvalue weighted by atomic mass is 9.98. The summed E-state index contributed by atoms with van der Waals surface area (Å²) in [6.45, 7) is 4.16. The van der Waals surface area contributed by atoms with Gasteiger partial charge in [-0.15, -0.1) is 0 Å². The van der Waals surface area contributed by atoms with Crippen LogP contribution in [0.5, 0.6) is 0 Å². The highest BCUT2D eigenvalue weighted by Crippen LogP contribution is 2.27. The first-order chi connectivity index (χ1) is 7.99. The zero-order valence-electron chi connectivity index (χ0n) is 10.2. The Labute approximate surface area is 110 Å². The van der Waals surface area contributed by atoms with Crippen molar-refractivity contribution in [1.29, 1.82) is 0 Å². The van der Waals surface area contributed by atoms with Gasteiger partial charge in [0.1, 0.15) is 0 Å². The molecule has 0 radical (unpaired) electrons. The zero-order valence-corrected chi connectivity index (χ0v) is 11.8. The molecular formula is C13H16BrN3. The summed E-state index contributed by atoms with van der Waals surface area (Å²) in [5.74, 6) is 0. The van der Waals surface area contributed by atoms with Crippen molar-refractivity contribution in [1.82, 2.24) is 9.78 Å². The molecule has 0 aliphatic rings. The predicted octanol–water partition coefficient (Wildman–Crippen LogP) is 2.85. The monoisotopic (exact) mass is 293 g/mol. The molecular weight excluding hydrogens is 278 g/mol. The first-order valence-corrected chi connectivity index (χ1v) is 6.29. The molecule has 2 aromatic rings. The van der Waals surface area contributed by atoms with Crippen molar-refractivity contribution < 1.29 is 0 Å². The maximum atomic E-state index is 6.25. The normalized spacial score (nSPS) is 12.8. The van der Waals surface area contributed by atoms with Crippen LogP contribution in [0, 0.1) is 13.8 Å². The van der Waals surface area contributed by atoms with Crippen LogP contribution in [-0.2, 0) is 7.05 Å². The molecule has 1 aromatic heterocycles. The van der Waals surface area contributed by atoms with Gasteiger partial charge < -0.3 is 5.73 Å². The number of rotatable bonds is 2. The van der Waals surface area contributed by atoms with Gasteiger partial charge >= 0.3 is 0 Å². The molecule has 4 heteroatoms. The Morgan fingerprint density at radius 2 is 1.82 bits per heavy atom. The van der Waals surface area contributed by atoms with Crippen molar-refractivity contribution in [3.8, 4) is 0 Å². The summed E-state index contributed by atoms with van der Waals surface area (Å²) >= 11 is 3.57. The Kier molecular flexibility index (Phi) is 3.35. The number of aromatic nitrogens is 2. The summed E-state index contributed by atoms with van der Waals surface area (Å²) in [4.78, 5) is 0. The summed E-state index contributed by atoms with van der Waals surface area (Å²) in [6, 6.07) is 4.12. The molecule has 1 atom stereocenters. The molecule has 3 nitrogen and oxygen atoms in total. The van der Waals surface area contributed by atoms with Gasteiger partial charge in [-0.1, -0.05) is 28.1 Å². The third-order valence-corrected chi connectivity index (χ3v) is 4.15. The minimum Gasteiger partial charge on any atom is -0.320 e. The summed E-state index contributed by atoms with van der Waals surface area (Å²) in [7, 11) is 1.90. The van der Waals surface area contributed by atoms with E-state index in [1.165, 1.54) is 11.1 Å². The maximum Gasteiger partial charge on any atom is 0.0583 e. The Bertz CT molecular complexity index is 522. The second-order valence-corrected chi connectivity index (χ2v) is 5.19. The van der Waals surface area contributed by atoms with Crippen molar-refractivity contribution in [2.24, 2.45) is 12.8 Å². The fourth-order valence-corrected chi connectivity index (χ4v) is 2.18. The van der Waals surface area contributed by atoms with E-state index in [1.807, 2.05) is 19.4 Å². The number of halogens is 1. The molecule has 0 fully saturated rings. The smallest absolute Gasteiger partial charge is 0.0583 e. The molecule has 0 spiro atoms. The van der Waals surface area contributed by atoms with Gasteiger partial charge in [0.15, 0.2) is 0 Å². The van der Waals surface area contributed by atoms with Gasteiger partial charge in [0, 0.05) is 23.3 Å². The Hall–Kier alpha value is -1.13. The topological polar surface area (TPSA) is 43.8 Å². The van der Waals surface area contributed by atoms with Crippen LogP contribution in [0.2, 0.25) is 0 Å². The SMILES string of the molecule is Cc1cc(C(N)c2cnn(C)c2)cc(C)c1Br. The molecule has 0 aliphatic heterocycles. The van der Waals surface area contributed by atoms with Crippen LogP contribution in [0.15, 0.2) is 29.0 Å². The van der Waals surface area contributed by atoms with Crippen LogP contribution >= 0.6 is 15.9 Å². The van der Waals surface area contributed by atoms with E-state index in [9.17, 15) is 0 Å². The average molecular weight is 294 g/mol. The molecule has 1 aromatic carbocycles. The minimum atomic E-state index is -0.116. The van der Waals surface area contributed by atoms with Crippen LogP contribution in [-0.4, -0.2) is 9.78 Å². The quantitative estimate of drug-likeness (QED) is 0.925. The van der Waals surface area contributed by atoms with Crippen LogP contribution < -0.4 is 5.73 Å². The highest BCUT2D eigenvalue weighted by Gasteiger charge is 2.12. The highest BCUT2D eigenvalue weighted by molar-refractivity contribution is 9.10. The van der Waals surface area contributed by atoms with E-state index >= 15 is 0 Å². The number of nitrogens with two attached hydrogens (primary N) is 1. The fraction of sp³-hybridized carbons (Fsp3) is 0.308. The van der Waals surface area contributed by atoms with Gasteiger partial charge in [-0.05, 0) is 30.5 Å². The molecule has 1 unspecified atom stereocenters. The minimum absolute atomic E-state index is 0.116. The molecule has 2 N–H and O–H groups in total. The number of aryl methyl sites for hydroxylation is 3. The van der Waals surface area contributed by atoms with Gasteiger partial charge in [-0.25, -0.2) is 0 Å². The number of nitrogens with zero attached hydrogens (tertiary/aromatic N) is 2. The third kappa shape index (κ3) is 2.42. The lowest BCUT2D eigenvalue weighted by Crippen LogP contribution is -2.11. The van der Waals surface area contributed by atoms with Crippen LogP contribution in [0.3, 0.4) is 0 Å². The summed E-state index contributed by atoms with van der Waals surface area (Å²) < 4.78 is 2.92. The average Bonchev–Trinajstić information content (AvgIpc) is 2.71. The molecule has 17 heavy (non-hydrogen) atoms.